The second-order valence-electron chi connectivity index (χ2n) is 5.35. The molecule has 2 aromatic rings. The zero-order chi connectivity index (χ0) is 17.0. The topological polar surface area (TPSA) is 76.1 Å². The molecule has 1 N–H and O–H groups in total. The van der Waals surface area contributed by atoms with Gasteiger partial charge >= 0.3 is 0 Å². The third-order valence-electron chi connectivity index (χ3n) is 3.43. The van der Waals surface area contributed by atoms with Crippen molar-refractivity contribution >= 4 is 27.1 Å². The van der Waals surface area contributed by atoms with Crippen LogP contribution in [0.25, 0.3) is 0 Å². The van der Waals surface area contributed by atoms with E-state index in [1.807, 2.05) is 20.8 Å². The number of hydrogen-bond donors (Lipinski definition) is 1. The van der Waals surface area contributed by atoms with Crippen molar-refractivity contribution in [2.45, 2.75) is 38.1 Å². The van der Waals surface area contributed by atoms with Gasteiger partial charge in [0.05, 0.1) is 27.4 Å². The number of hydrogen-bond acceptors (Lipinski definition) is 5. The minimum absolute atomic E-state index is 0.0657. The number of carbonyl (C=O) groups excluding carboxylic acids is 1. The summed E-state index contributed by atoms with van der Waals surface area (Å²) in [4.78, 5) is 17.7. The number of carbonyl (C=O) groups is 1. The first kappa shape index (κ1) is 17.6. The zero-order valence-electron chi connectivity index (χ0n) is 13.4. The summed E-state index contributed by atoms with van der Waals surface area (Å²) in [5.41, 5.74) is 0.840. The second kappa shape index (κ2) is 7.23. The van der Waals surface area contributed by atoms with Crippen LogP contribution in [0.3, 0.4) is 0 Å². The molecule has 0 aliphatic heterocycles. The molecule has 2 rings (SSSR count). The van der Waals surface area contributed by atoms with Gasteiger partial charge in [0, 0.05) is 11.3 Å². The summed E-state index contributed by atoms with van der Waals surface area (Å²) in [5.74, 6) is -0.493. The van der Waals surface area contributed by atoms with Crippen molar-refractivity contribution in [2.75, 3.05) is 5.75 Å². The molecule has 1 heterocycles. The Bertz CT molecular complexity index is 783. The predicted octanol–water partition coefficient (Wildman–Crippen LogP) is 2.80. The molecule has 0 radical (unpaired) electrons. The lowest BCUT2D eigenvalue weighted by Gasteiger charge is -2.13. The van der Waals surface area contributed by atoms with Crippen LogP contribution in [0.1, 0.15) is 35.0 Å². The molecule has 0 aliphatic carbocycles. The van der Waals surface area contributed by atoms with Crippen molar-refractivity contribution < 1.29 is 13.2 Å². The third-order valence-corrected chi connectivity index (χ3v) is 6.06. The number of thiazole rings is 1. The average Bonchev–Trinajstić information content (AvgIpc) is 2.85. The number of nitrogens with one attached hydrogen (secondary N) is 1. The predicted molar refractivity (Wildman–Crippen MR) is 91.3 cm³/mol. The molecule has 0 bridgehead atoms. The maximum absolute atomic E-state index is 12.2. The van der Waals surface area contributed by atoms with Crippen LogP contribution in [0.4, 0.5) is 0 Å². The standard InChI is InChI=1S/C16H20N2O3S2/c1-11(16-12(2)22-13(3)18-16)17-15(19)9-10-23(20,21)14-7-5-4-6-8-14/h4-8,11H,9-10H2,1-3H3,(H,17,19). The molecule has 0 aliphatic rings. The Hall–Kier alpha value is -1.73. The van der Waals surface area contributed by atoms with E-state index in [2.05, 4.69) is 10.3 Å². The first-order valence-corrected chi connectivity index (χ1v) is 9.77. The van der Waals surface area contributed by atoms with E-state index in [0.717, 1.165) is 15.6 Å². The van der Waals surface area contributed by atoms with Crippen molar-refractivity contribution in [2.24, 2.45) is 0 Å². The number of amides is 1. The Morgan fingerprint density at radius 2 is 1.91 bits per heavy atom. The molecule has 5 nitrogen and oxygen atoms in total. The van der Waals surface area contributed by atoms with Crippen LogP contribution >= 0.6 is 11.3 Å². The monoisotopic (exact) mass is 352 g/mol. The number of sulfone groups is 1. The van der Waals surface area contributed by atoms with Gasteiger partial charge in [0.25, 0.3) is 0 Å². The second-order valence-corrected chi connectivity index (χ2v) is 8.86. The van der Waals surface area contributed by atoms with Crippen molar-refractivity contribution in [3.05, 3.63) is 45.9 Å². The number of benzene rings is 1. The molecule has 124 valence electrons. The van der Waals surface area contributed by atoms with Crippen molar-refractivity contribution in [1.29, 1.82) is 0 Å². The summed E-state index contributed by atoms with van der Waals surface area (Å²) in [6, 6.07) is 7.94. The van der Waals surface area contributed by atoms with Gasteiger partial charge in [-0.3, -0.25) is 4.79 Å². The van der Waals surface area contributed by atoms with E-state index in [1.54, 1.807) is 29.5 Å². The number of aryl methyl sites for hydroxylation is 2. The summed E-state index contributed by atoms with van der Waals surface area (Å²) < 4.78 is 24.3. The fraction of sp³-hybridized carbons (Fsp3) is 0.375. The van der Waals surface area contributed by atoms with E-state index in [1.165, 1.54) is 12.1 Å². The number of nitrogens with zero attached hydrogens (tertiary/aromatic N) is 1. The zero-order valence-corrected chi connectivity index (χ0v) is 15.0. The van der Waals surface area contributed by atoms with Crippen LogP contribution < -0.4 is 5.32 Å². The summed E-state index contributed by atoms with van der Waals surface area (Å²) >= 11 is 1.58. The lowest BCUT2D eigenvalue weighted by atomic mass is 10.2. The number of aromatic nitrogens is 1. The molecule has 0 spiro atoms. The van der Waals surface area contributed by atoms with Gasteiger partial charge < -0.3 is 5.32 Å². The van der Waals surface area contributed by atoms with Gasteiger partial charge in [-0.05, 0) is 32.9 Å². The van der Waals surface area contributed by atoms with Gasteiger partial charge in [-0.1, -0.05) is 18.2 Å². The summed E-state index contributed by atoms with van der Waals surface area (Å²) in [7, 11) is -3.43. The van der Waals surface area contributed by atoms with Crippen LogP contribution in [0.2, 0.25) is 0 Å². The Labute approximate surface area is 140 Å². The Balaban J connectivity index is 1.94. The molecule has 0 fully saturated rings. The fourth-order valence-corrected chi connectivity index (χ4v) is 4.48. The van der Waals surface area contributed by atoms with E-state index < -0.39 is 9.84 Å². The first-order valence-electron chi connectivity index (χ1n) is 7.30. The first-order chi connectivity index (χ1) is 10.8. The van der Waals surface area contributed by atoms with Crippen LogP contribution in [0.15, 0.2) is 35.2 Å². The molecule has 1 aromatic carbocycles. The highest BCUT2D eigenvalue weighted by Crippen LogP contribution is 2.22. The maximum Gasteiger partial charge on any atom is 0.221 e. The number of rotatable bonds is 6. The lowest BCUT2D eigenvalue weighted by molar-refractivity contribution is -0.121. The van der Waals surface area contributed by atoms with E-state index in [4.69, 9.17) is 0 Å². The molecular formula is C16H20N2O3S2. The van der Waals surface area contributed by atoms with Crippen molar-refractivity contribution in [3.8, 4) is 0 Å². The van der Waals surface area contributed by atoms with Gasteiger partial charge in [0.2, 0.25) is 5.91 Å². The van der Waals surface area contributed by atoms with E-state index in [-0.39, 0.29) is 29.0 Å². The molecule has 1 atom stereocenters. The minimum Gasteiger partial charge on any atom is -0.348 e. The van der Waals surface area contributed by atoms with Gasteiger partial charge in [0.1, 0.15) is 0 Å². The molecule has 0 saturated heterocycles. The molecular weight excluding hydrogens is 332 g/mol. The summed E-state index contributed by atoms with van der Waals surface area (Å²) in [6.45, 7) is 5.73. The van der Waals surface area contributed by atoms with Crippen LogP contribution in [-0.2, 0) is 14.6 Å². The summed E-state index contributed by atoms with van der Waals surface area (Å²) in [6.07, 6.45) is -0.0657. The highest BCUT2D eigenvalue weighted by molar-refractivity contribution is 7.91. The van der Waals surface area contributed by atoms with Gasteiger partial charge in [-0.2, -0.15) is 0 Å². The van der Waals surface area contributed by atoms with Gasteiger partial charge in [-0.15, -0.1) is 11.3 Å². The van der Waals surface area contributed by atoms with Gasteiger partial charge in [-0.25, -0.2) is 13.4 Å². The average molecular weight is 352 g/mol. The smallest absolute Gasteiger partial charge is 0.221 e. The molecule has 1 aromatic heterocycles. The molecule has 1 amide bonds. The molecule has 7 heteroatoms. The van der Waals surface area contributed by atoms with Crippen LogP contribution in [-0.4, -0.2) is 25.1 Å². The van der Waals surface area contributed by atoms with E-state index >= 15 is 0 Å². The lowest BCUT2D eigenvalue weighted by Crippen LogP contribution is -2.28. The van der Waals surface area contributed by atoms with E-state index in [9.17, 15) is 13.2 Å². The van der Waals surface area contributed by atoms with Crippen LogP contribution in [0.5, 0.6) is 0 Å². The van der Waals surface area contributed by atoms with Gasteiger partial charge in [0.15, 0.2) is 9.84 Å². The minimum atomic E-state index is -3.43. The van der Waals surface area contributed by atoms with Crippen LogP contribution in [0, 0.1) is 13.8 Å². The molecule has 23 heavy (non-hydrogen) atoms. The fourth-order valence-electron chi connectivity index (χ4n) is 2.30. The Morgan fingerprint density at radius 1 is 1.26 bits per heavy atom. The normalized spacial score (nSPS) is 12.8. The molecule has 1 unspecified atom stereocenters. The highest BCUT2D eigenvalue weighted by Gasteiger charge is 2.19. The SMILES string of the molecule is Cc1nc(C(C)NC(=O)CCS(=O)(=O)c2ccccc2)c(C)s1. The summed E-state index contributed by atoms with van der Waals surface area (Å²) in [5, 5.41) is 3.76. The maximum atomic E-state index is 12.2. The quantitative estimate of drug-likeness (QED) is 0.867. The van der Waals surface area contributed by atoms with Crippen molar-refractivity contribution in [1.82, 2.24) is 10.3 Å². The van der Waals surface area contributed by atoms with E-state index in [0.29, 0.717) is 0 Å². The Morgan fingerprint density at radius 3 is 2.48 bits per heavy atom. The third kappa shape index (κ3) is 4.62. The molecule has 0 saturated carbocycles. The van der Waals surface area contributed by atoms with Crippen molar-refractivity contribution in [3.63, 3.8) is 0 Å². The highest BCUT2D eigenvalue weighted by atomic mass is 32.2. The Kier molecular flexibility index (Phi) is 5.54. The largest absolute Gasteiger partial charge is 0.348 e.